The van der Waals surface area contributed by atoms with Crippen molar-refractivity contribution >= 4 is 21.7 Å². The Bertz CT molecular complexity index is 275. The molecule has 0 aliphatic carbocycles. The van der Waals surface area contributed by atoms with Crippen LogP contribution in [0.4, 0.5) is 0 Å². The monoisotopic (exact) mass is 215 g/mol. The molecule has 11 heavy (non-hydrogen) atoms. The van der Waals surface area contributed by atoms with E-state index in [-0.39, 0.29) is 16.9 Å². The van der Waals surface area contributed by atoms with Crippen molar-refractivity contribution in [3.63, 3.8) is 0 Å². The lowest BCUT2D eigenvalue weighted by Gasteiger charge is -1.95. The van der Waals surface area contributed by atoms with E-state index in [4.69, 9.17) is 5.11 Å². The predicted octanol–water partition coefficient (Wildman–Crippen LogP) is 1.36. The molecule has 0 unspecified atom stereocenters. The molecule has 0 spiro atoms. The van der Waals surface area contributed by atoms with Gasteiger partial charge in [0, 0.05) is 11.8 Å². The molecule has 1 heterocycles. The van der Waals surface area contributed by atoms with E-state index in [2.05, 4.69) is 20.9 Å². The van der Waals surface area contributed by atoms with Crippen LogP contribution in [0, 0.1) is 0 Å². The van der Waals surface area contributed by atoms with Crippen LogP contribution in [0.15, 0.2) is 18.5 Å². The Balaban J connectivity index is 2.96. The van der Waals surface area contributed by atoms with Crippen molar-refractivity contribution < 1.29 is 9.90 Å². The van der Waals surface area contributed by atoms with Crippen LogP contribution in [0.2, 0.25) is 0 Å². The highest BCUT2D eigenvalue weighted by atomic mass is 79.9. The number of aromatic hydroxyl groups is 1. The van der Waals surface area contributed by atoms with Gasteiger partial charge in [-0.05, 0) is 6.07 Å². The highest BCUT2D eigenvalue weighted by molar-refractivity contribution is 9.09. The number of hydrogen-bond donors (Lipinski definition) is 1. The lowest BCUT2D eigenvalue weighted by Crippen LogP contribution is -1.99. The van der Waals surface area contributed by atoms with Crippen LogP contribution in [0.25, 0.3) is 0 Å². The van der Waals surface area contributed by atoms with Crippen molar-refractivity contribution in [3.8, 4) is 5.75 Å². The Morgan fingerprint density at radius 1 is 1.64 bits per heavy atom. The van der Waals surface area contributed by atoms with Crippen LogP contribution in [0.5, 0.6) is 5.75 Å². The molecular formula is C7H6BrNO2. The number of rotatable bonds is 2. The van der Waals surface area contributed by atoms with Gasteiger partial charge in [-0.1, -0.05) is 15.9 Å². The number of aromatic nitrogens is 1. The van der Waals surface area contributed by atoms with Gasteiger partial charge in [0.05, 0.1) is 11.5 Å². The number of ketones is 1. The molecule has 0 atom stereocenters. The molecule has 58 valence electrons. The Labute approximate surface area is 72.2 Å². The maximum absolute atomic E-state index is 11.0. The number of alkyl halides is 1. The first-order valence-corrected chi connectivity index (χ1v) is 4.09. The zero-order valence-corrected chi connectivity index (χ0v) is 7.21. The first-order valence-electron chi connectivity index (χ1n) is 2.97. The standard InChI is InChI=1S/C7H6BrNO2/c8-2-7(11)5-1-6(10)4-9-3-5/h1,3-4,10H,2H2. The van der Waals surface area contributed by atoms with Crippen molar-refractivity contribution in [2.45, 2.75) is 0 Å². The normalized spacial score (nSPS) is 9.55. The van der Waals surface area contributed by atoms with Crippen molar-refractivity contribution in [1.29, 1.82) is 0 Å². The molecule has 0 saturated heterocycles. The fourth-order valence-electron chi connectivity index (χ4n) is 0.657. The summed E-state index contributed by atoms with van der Waals surface area (Å²) >= 11 is 3.02. The Hall–Kier alpha value is -0.900. The second-order valence-electron chi connectivity index (χ2n) is 1.99. The van der Waals surface area contributed by atoms with Gasteiger partial charge in [0.2, 0.25) is 0 Å². The molecule has 0 fully saturated rings. The number of Topliss-reactive ketones (excluding diaryl/α,β-unsaturated/α-hetero) is 1. The number of hydrogen-bond acceptors (Lipinski definition) is 3. The number of halogens is 1. The quantitative estimate of drug-likeness (QED) is 0.599. The number of nitrogens with zero attached hydrogens (tertiary/aromatic N) is 1. The number of carbonyl (C=O) groups is 1. The summed E-state index contributed by atoms with van der Waals surface area (Å²) in [7, 11) is 0. The van der Waals surface area contributed by atoms with Gasteiger partial charge in [0.1, 0.15) is 5.75 Å². The van der Waals surface area contributed by atoms with Gasteiger partial charge in [0.25, 0.3) is 0 Å². The minimum atomic E-state index is -0.0894. The molecule has 1 aromatic rings. The average molecular weight is 216 g/mol. The first kappa shape index (κ1) is 8.20. The largest absolute Gasteiger partial charge is 0.506 e. The minimum Gasteiger partial charge on any atom is -0.506 e. The van der Waals surface area contributed by atoms with E-state index in [0.29, 0.717) is 5.56 Å². The maximum Gasteiger partial charge on any atom is 0.175 e. The van der Waals surface area contributed by atoms with E-state index in [1.165, 1.54) is 18.5 Å². The van der Waals surface area contributed by atoms with E-state index in [1.807, 2.05) is 0 Å². The lowest BCUT2D eigenvalue weighted by molar-refractivity contribution is 0.102. The molecule has 1 N–H and O–H groups in total. The Kier molecular flexibility index (Phi) is 2.59. The molecule has 0 aliphatic rings. The zero-order chi connectivity index (χ0) is 8.27. The highest BCUT2D eigenvalue weighted by Crippen LogP contribution is 2.09. The van der Waals surface area contributed by atoms with Crippen molar-refractivity contribution in [3.05, 3.63) is 24.0 Å². The molecule has 0 radical (unpaired) electrons. The summed E-state index contributed by atoms with van der Waals surface area (Å²) in [4.78, 5) is 14.6. The fourth-order valence-corrected chi connectivity index (χ4v) is 0.981. The molecule has 0 aromatic carbocycles. The Morgan fingerprint density at radius 2 is 2.36 bits per heavy atom. The molecule has 0 amide bonds. The van der Waals surface area contributed by atoms with E-state index in [1.54, 1.807) is 0 Å². The maximum atomic E-state index is 11.0. The van der Waals surface area contributed by atoms with Gasteiger partial charge in [-0.25, -0.2) is 0 Å². The summed E-state index contributed by atoms with van der Waals surface area (Å²) in [6, 6.07) is 1.39. The molecule has 4 heteroatoms. The van der Waals surface area contributed by atoms with Crippen LogP contribution < -0.4 is 0 Å². The van der Waals surface area contributed by atoms with Crippen LogP contribution >= 0.6 is 15.9 Å². The third-order valence-corrected chi connectivity index (χ3v) is 1.68. The average Bonchev–Trinajstić information content (AvgIpc) is 2.03. The summed E-state index contributed by atoms with van der Waals surface area (Å²) in [5.41, 5.74) is 0.418. The molecule has 1 aromatic heterocycles. The van der Waals surface area contributed by atoms with E-state index in [0.717, 1.165) is 0 Å². The van der Waals surface area contributed by atoms with Gasteiger partial charge in [-0.3, -0.25) is 9.78 Å². The van der Waals surface area contributed by atoms with Gasteiger partial charge in [-0.2, -0.15) is 0 Å². The van der Waals surface area contributed by atoms with Crippen LogP contribution in [-0.2, 0) is 0 Å². The summed E-state index contributed by atoms with van der Waals surface area (Å²) in [6.07, 6.45) is 2.70. The van der Waals surface area contributed by atoms with Gasteiger partial charge in [0.15, 0.2) is 5.78 Å². The lowest BCUT2D eigenvalue weighted by atomic mass is 10.2. The SMILES string of the molecule is O=C(CBr)c1cncc(O)c1. The second-order valence-corrected chi connectivity index (χ2v) is 2.55. The molecule has 0 saturated carbocycles. The smallest absolute Gasteiger partial charge is 0.175 e. The summed E-state index contributed by atoms with van der Waals surface area (Å²) in [6.45, 7) is 0. The molecule has 0 bridgehead atoms. The van der Waals surface area contributed by atoms with Gasteiger partial charge < -0.3 is 5.11 Å². The van der Waals surface area contributed by atoms with Crippen LogP contribution in [0.3, 0.4) is 0 Å². The van der Waals surface area contributed by atoms with E-state index < -0.39 is 0 Å². The number of pyridine rings is 1. The summed E-state index contributed by atoms with van der Waals surface area (Å²) in [5, 5.41) is 9.18. The third kappa shape index (κ3) is 2.01. The van der Waals surface area contributed by atoms with Gasteiger partial charge in [-0.15, -0.1) is 0 Å². The predicted molar refractivity (Wildman–Crippen MR) is 44.0 cm³/mol. The van der Waals surface area contributed by atoms with Crippen molar-refractivity contribution in [1.82, 2.24) is 4.98 Å². The van der Waals surface area contributed by atoms with E-state index in [9.17, 15) is 4.79 Å². The topological polar surface area (TPSA) is 50.2 Å². The van der Waals surface area contributed by atoms with Crippen molar-refractivity contribution in [2.24, 2.45) is 0 Å². The van der Waals surface area contributed by atoms with Gasteiger partial charge >= 0.3 is 0 Å². The van der Waals surface area contributed by atoms with Crippen LogP contribution in [-0.4, -0.2) is 21.2 Å². The first-order chi connectivity index (χ1) is 5.24. The third-order valence-electron chi connectivity index (χ3n) is 1.17. The van der Waals surface area contributed by atoms with Crippen LogP contribution in [0.1, 0.15) is 10.4 Å². The molecular weight excluding hydrogens is 210 g/mol. The molecule has 1 rings (SSSR count). The molecule has 3 nitrogen and oxygen atoms in total. The number of carbonyl (C=O) groups excluding carboxylic acids is 1. The summed E-state index contributed by atoms with van der Waals surface area (Å²) < 4.78 is 0. The zero-order valence-electron chi connectivity index (χ0n) is 5.62. The summed E-state index contributed by atoms with van der Waals surface area (Å²) in [5.74, 6) is -0.0785. The minimum absolute atomic E-state index is 0.0109. The van der Waals surface area contributed by atoms with E-state index >= 15 is 0 Å². The second kappa shape index (κ2) is 3.48. The molecule has 0 aliphatic heterocycles. The fraction of sp³-hybridized carbons (Fsp3) is 0.143. The van der Waals surface area contributed by atoms with Crippen molar-refractivity contribution in [2.75, 3.05) is 5.33 Å². The Morgan fingerprint density at radius 3 is 2.91 bits per heavy atom. The highest BCUT2D eigenvalue weighted by Gasteiger charge is 2.03.